The van der Waals surface area contributed by atoms with Crippen LogP contribution < -0.4 is 0 Å². The molecule has 140 valence electrons. The number of carbonyl (C=O) groups excluding carboxylic acids is 2. The van der Waals surface area contributed by atoms with E-state index in [0.717, 1.165) is 31.1 Å². The summed E-state index contributed by atoms with van der Waals surface area (Å²) in [6.45, 7) is 8.62. The molecule has 8 unspecified atom stereocenters. The molecule has 0 spiro atoms. The smallest absolute Gasteiger partial charge is 0.302 e. The normalized spacial score (nSPS) is 52.1. The van der Waals surface area contributed by atoms with Gasteiger partial charge in [-0.1, -0.05) is 20.8 Å². The Morgan fingerprint density at radius 3 is 2.36 bits per heavy atom. The zero-order valence-corrected chi connectivity index (χ0v) is 16.3. The fraction of sp³-hybridized carbons (Fsp3) is 0.909. The Morgan fingerprint density at radius 2 is 1.64 bits per heavy atom. The van der Waals surface area contributed by atoms with Crippen molar-refractivity contribution in [3.8, 4) is 0 Å². The van der Waals surface area contributed by atoms with Gasteiger partial charge in [-0.2, -0.15) is 0 Å². The lowest BCUT2D eigenvalue weighted by molar-refractivity contribution is -0.165. The molecule has 0 aliphatic heterocycles. The molecule has 3 heteroatoms. The fourth-order valence-corrected chi connectivity index (χ4v) is 7.87. The quantitative estimate of drug-likeness (QED) is 0.642. The molecule has 3 nitrogen and oxygen atoms in total. The molecular weight excluding hydrogens is 312 g/mol. The molecule has 8 atom stereocenters. The molecule has 4 aliphatic carbocycles. The Kier molecular flexibility index (Phi) is 4.09. The monoisotopic (exact) mass is 346 g/mol. The lowest BCUT2D eigenvalue weighted by atomic mass is 9.44. The van der Waals surface area contributed by atoms with Crippen LogP contribution >= 0.6 is 0 Å². The van der Waals surface area contributed by atoms with Crippen LogP contribution in [-0.2, 0) is 14.3 Å². The maximum absolute atomic E-state index is 12.3. The van der Waals surface area contributed by atoms with Crippen molar-refractivity contribution in [2.24, 2.45) is 40.4 Å². The Bertz CT molecular complexity index is 584. The van der Waals surface area contributed by atoms with Crippen LogP contribution in [0, 0.1) is 40.4 Å². The highest BCUT2D eigenvalue weighted by Gasteiger charge is 2.61. The second-order valence-electron chi connectivity index (χ2n) is 10.0. The number of ketones is 1. The first-order valence-electron chi connectivity index (χ1n) is 10.5. The summed E-state index contributed by atoms with van der Waals surface area (Å²) in [7, 11) is 0. The summed E-state index contributed by atoms with van der Waals surface area (Å²) in [6.07, 6.45) is 9.18. The van der Waals surface area contributed by atoms with Gasteiger partial charge >= 0.3 is 5.97 Å². The SMILES string of the molecule is CC(=O)OC1CCC2C3CCC4C(C)C(=O)CCC4(C)C3CCC12C. The highest BCUT2D eigenvalue weighted by atomic mass is 16.5. The van der Waals surface area contributed by atoms with Crippen LogP contribution in [0.25, 0.3) is 0 Å². The Morgan fingerprint density at radius 1 is 0.960 bits per heavy atom. The molecule has 0 bridgehead atoms. The molecule has 4 rings (SSSR count). The van der Waals surface area contributed by atoms with Crippen LogP contribution in [0.1, 0.15) is 79.1 Å². The number of rotatable bonds is 1. The van der Waals surface area contributed by atoms with Crippen molar-refractivity contribution in [3.63, 3.8) is 0 Å². The second kappa shape index (κ2) is 5.82. The second-order valence-corrected chi connectivity index (χ2v) is 10.0. The summed E-state index contributed by atoms with van der Waals surface area (Å²) in [5, 5.41) is 0. The van der Waals surface area contributed by atoms with Gasteiger partial charge in [0, 0.05) is 24.7 Å². The summed E-state index contributed by atoms with van der Waals surface area (Å²) in [4.78, 5) is 23.8. The van der Waals surface area contributed by atoms with Crippen molar-refractivity contribution in [3.05, 3.63) is 0 Å². The van der Waals surface area contributed by atoms with Gasteiger partial charge in [0.1, 0.15) is 11.9 Å². The molecule has 0 aromatic carbocycles. The van der Waals surface area contributed by atoms with Gasteiger partial charge in [0.2, 0.25) is 0 Å². The van der Waals surface area contributed by atoms with E-state index in [2.05, 4.69) is 20.8 Å². The average Bonchev–Trinajstić information content (AvgIpc) is 2.88. The van der Waals surface area contributed by atoms with Gasteiger partial charge in [-0.05, 0) is 74.0 Å². The third kappa shape index (κ3) is 2.44. The molecule has 0 aromatic rings. The van der Waals surface area contributed by atoms with Crippen LogP contribution in [0.4, 0.5) is 0 Å². The van der Waals surface area contributed by atoms with Gasteiger partial charge in [-0.25, -0.2) is 0 Å². The van der Waals surface area contributed by atoms with Gasteiger partial charge in [0.05, 0.1) is 0 Å². The van der Waals surface area contributed by atoms with Gasteiger partial charge in [-0.15, -0.1) is 0 Å². The van der Waals surface area contributed by atoms with Crippen molar-refractivity contribution in [1.29, 1.82) is 0 Å². The summed E-state index contributed by atoms with van der Waals surface area (Å²) >= 11 is 0. The Balaban J connectivity index is 1.60. The summed E-state index contributed by atoms with van der Waals surface area (Å²) in [5.41, 5.74) is 0.517. The summed E-state index contributed by atoms with van der Waals surface area (Å²) in [5.74, 6) is 3.44. The molecule has 25 heavy (non-hydrogen) atoms. The van der Waals surface area contributed by atoms with E-state index < -0.39 is 0 Å². The summed E-state index contributed by atoms with van der Waals surface area (Å²) in [6, 6.07) is 0. The number of hydrogen-bond donors (Lipinski definition) is 0. The Labute approximate surface area is 152 Å². The van der Waals surface area contributed by atoms with Gasteiger partial charge < -0.3 is 4.74 Å². The maximum Gasteiger partial charge on any atom is 0.302 e. The van der Waals surface area contributed by atoms with Gasteiger partial charge in [0.25, 0.3) is 0 Å². The molecule has 0 radical (unpaired) electrons. The van der Waals surface area contributed by atoms with Crippen molar-refractivity contribution < 1.29 is 14.3 Å². The molecule has 4 fully saturated rings. The minimum absolute atomic E-state index is 0.119. The molecule has 4 saturated carbocycles. The van der Waals surface area contributed by atoms with E-state index in [9.17, 15) is 9.59 Å². The Hall–Kier alpha value is -0.860. The van der Waals surface area contributed by atoms with E-state index >= 15 is 0 Å². The maximum atomic E-state index is 12.3. The zero-order valence-electron chi connectivity index (χ0n) is 16.3. The fourth-order valence-electron chi connectivity index (χ4n) is 7.87. The van der Waals surface area contributed by atoms with Gasteiger partial charge in [-0.3, -0.25) is 9.59 Å². The van der Waals surface area contributed by atoms with Crippen LogP contribution in [0.3, 0.4) is 0 Å². The lowest BCUT2D eigenvalue weighted by Gasteiger charge is -2.61. The van der Waals surface area contributed by atoms with Crippen molar-refractivity contribution >= 4 is 11.8 Å². The minimum atomic E-state index is -0.121. The number of Topliss-reactive ketones (excluding diaryl/α,β-unsaturated/α-hetero) is 1. The van der Waals surface area contributed by atoms with Gasteiger partial charge in [0.15, 0.2) is 0 Å². The molecule has 4 aliphatic rings. The number of fused-ring (bicyclic) bond motifs is 5. The molecule has 0 N–H and O–H groups in total. The van der Waals surface area contributed by atoms with Crippen LogP contribution in [0.2, 0.25) is 0 Å². The van der Waals surface area contributed by atoms with Crippen LogP contribution in [0.15, 0.2) is 0 Å². The third-order valence-corrected chi connectivity index (χ3v) is 9.18. The highest BCUT2D eigenvalue weighted by molar-refractivity contribution is 5.82. The third-order valence-electron chi connectivity index (χ3n) is 9.18. The molecule has 0 saturated heterocycles. The van der Waals surface area contributed by atoms with E-state index in [-0.39, 0.29) is 23.4 Å². The average molecular weight is 347 g/mol. The topological polar surface area (TPSA) is 43.4 Å². The van der Waals surface area contributed by atoms with E-state index in [1.54, 1.807) is 6.92 Å². The number of carbonyl (C=O) groups is 2. The molecule has 0 heterocycles. The van der Waals surface area contributed by atoms with E-state index in [4.69, 9.17) is 4.74 Å². The summed E-state index contributed by atoms with van der Waals surface area (Å²) < 4.78 is 5.74. The van der Waals surface area contributed by atoms with E-state index in [1.807, 2.05) is 0 Å². The van der Waals surface area contributed by atoms with Crippen LogP contribution in [0.5, 0.6) is 0 Å². The first-order valence-corrected chi connectivity index (χ1v) is 10.5. The standard InChI is InChI=1S/C22H34O3/c1-13-16-6-5-15-17-7-8-20(25-14(2)23)22(17,4)11-9-18(15)21(16,3)12-10-19(13)24/h13,15-18,20H,5-12H2,1-4H3. The lowest BCUT2D eigenvalue weighted by Crippen LogP contribution is -2.56. The van der Waals surface area contributed by atoms with E-state index in [0.29, 0.717) is 23.0 Å². The van der Waals surface area contributed by atoms with Crippen LogP contribution in [-0.4, -0.2) is 17.9 Å². The zero-order chi connectivity index (χ0) is 18.0. The van der Waals surface area contributed by atoms with Crippen molar-refractivity contribution in [2.75, 3.05) is 0 Å². The van der Waals surface area contributed by atoms with Crippen molar-refractivity contribution in [2.45, 2.75) is 85.2 Å². The minimum Gasteiger partial charge on any atom is -0.462 e. The number of ether oxygens (including phenoxy) is 1. The molecule has 0 aromatic heterocycles. The predicted octanol–water partition coefficient (Wildman–Crippen LogP) is 4.78. The first kappa shape index (κ1) is 17.5. The first-order chi connectivity index (χ1) is 11.8. The molecular formula is C22H34O3. The van der Waals surface area contributed by atoms with E-state index in [1.165, 1.54) is 32.1 Å². The highest BCUT2D eigenvalue weighted by Crippen LogP contribution is 2.66. The predicted molar refractivity (Wildman–Crippen MR) is 96.8 cm³/mol. The number of hydrogen-bond acceptors (Lipinski definition) is 3. The molecule has 0 amide bonds. The largest absolute Gasteiger partial charge is 0.462 e. The number of esters is 1. The van der Waals surface area contributed by atoms with Crippen molar-refractivity contribution in [1.82, 2.24) is 0 Å².